The molecule has 1 saturated heterocycles. The van der Waals surface area contributed by atoms with Gasteiger partial charge in [0.15, 0.2) is 11.6 Å². The minimum atomic E-state index is -0.797. The van der Waals surface area contributed by atoms with Crippen molar-refractivity contribution in [3.63, 3.8) is 0 Å². The van der Waals surface area contributed by atoms with Gasteiger partial charge in [-0.3, -0.25) is 4.99 Å². The lowest BCUT2D eigenvalue weighted by molar-refractivity contribution is 0.181. The van der Waals surface area contributed by atoms with E-state index in [4.69, 9.17) is 33.7 Å². The number of piperidine rings is 1. The summed E-state index contributed by atoms with van der Waals surface area (Å²) in [7, 11) is 0. The van der Waals surface area contributed by atoms with Crippen molar-refractivity contribution in [2.75, 3.05) is 25.4 Å². The van der Waals surface area contributed by atoms with Crippen LogP contribution < -0.4 is 15.8 Å². The summed E-state index contributed by atoms with van der Waals surface area (Å²) < 4.78 is 20.5. The van der Waals surface area contributed by atoms with Gasteiger partial charge in [-0.25, -0.2) is 9.37 Å². The second-order valence-electron chi connectivity index (χ2n) is 9.56. The van der Waals surface area contributed by atoms with Gasteiger partial charge in [0.1, 0.15) is 11.4 Å². The van der Waals surface area contributed by atoms with E-state index < -0.39 is 11.4 Å². The van der Waals surface area contributed by atoms with Crippen LogP contribution in [0.5, 0.6) is 5.75 Å². The van der Waals surface area contributed by atoms with Gasteiger partial charge in [-0.05, 0) is 87.2 Å². The van der Waals surface area contributed by atoms with Crippen LogP contribution in [-0.2, 0) is 5.60 Å². The smallest absolute Gasteiger partial charge is 0.166 e. The van der Waals surface area contributed by atoms with Crippen molar-refractivity contribution in [1.29, 1.82) is 0 Å². The number of hydrogen-bond donors (Lipinski definition) is 2. The maximum atomic E-state index is 14.2. The summed E-state index contributed by atoms with van der Waals surface area (Å²) in [5, 5.41) is 3.82. The van der Waals surface area contributed by atoms with Crippen molar-refractivity contribution < 1.29 is 9.13 Å². The molecule has 8 heteroatoms. The molecule has 1 saturated carbocycles. The second kappa shape index (κ2) is 9.84. The van der Waals surface area contributed by atoms with Crippen molar-refractivity contribution in [1.82, 2.24) is 10.3 Å². The number of nitrogens with one attached hydrogen (secondary N) is 1. The molecule has 0 bridgehead atoms. The van der Waals surface area contributed by atoms with Crippen LogP contribution in [0.15, 0.2) is 35.5 Å². The molecule has 0 spiro atoms. The van der Waals surface area contributed by atoms with Gasteiger partial charge in [-0.15, -0.1) is 0 Å². The fraction of sp³-hybridized carbons (Fsp3) is 0.462. The van der Waals surface area contributed by atoms with Crippen LogP contribution in [0.25, 0.3) is 5.57 Å². The van der Waals surface area contributed by atoms with Crippen LogP contribution >= 0.6 is 23.2 Å². The summed E-state index contributed by atoms with van der Waals surface area (Å²) in [5.74, 6) is 1.43. The zero-order valence-electron chi connectivity index (χ0n) is 19.0. The summed E-state index contributed by atoms with van der Waals surface area (Å²) in [6.45, 7) is 3.03. The molecule has 34 heavy (non-hydrogen) atoms. The number of pyridine rings is 1. The van der Waals surface area contributed by atoms with E-state index in [1.807, 2.05) is 12.3 Å². The van der Waals surface area contributed by atoms with Crippen molar-refractivity contribution in [3.05, 3.63) is 57.5 Å². The molecule has 2 aliphatic heterocycles. The Morgan fingerprint density at radius 2 is 1.97 bits per heavy atom. The third kappa shape index (κ3) is 4.95. The molecule has 3 N–H and O–H groups in total. The van der Waals surface area contributed by atoms with E-state index in [1.54, 1.807) is 6.20 Å². The van der Waals surface area contributed by atoms with E-state index in [-0.39, 0.29) is 10.8 Å². The first-order valence-electron chi connectivity index (χ1n) is 12.0. The molecule has 2 fully saturated rings. The molecule has 2 aromatic rings. The summed E-state index contributed by atoms with van der Waals surface area (Å²) in [4.78, 5) is 9.01. The third-order valence-corrected chi connectivity index (χ3v) is 7.78. The van der Waals surface area contributed by atoms with Crippen molar-refractivity contribution >= 4 is 40.8 Å². The summed E-state index contributed by atoms with van der Waals surface area (Å²) in [5.41, 5.74) is 7.79. The second-order valence-corrected chi connectivity index (χ2v) is 10.3. The highest BCUT2D eigenvalue weighted by Gasteiger charge is 2.51. The van der Waals surface area contributed by atoms with Crippen molar-refractivity contribution in [2.45, 2.75) is 44.1 Å². The Morgan fingerprint density at radius 3 is 2.74 bits per heavy atom. The largest absolute Gasteiger partial charge is 0.479 e. The number of aromatic nitrogens is 1. The highest BCUT2D eigenvalue weighted by Crippen LogP contribution is 2.54. The number of aliphatic imine (C=N–C) groups is 1. The van der Waals surface area contributed by atoms with E-state index >= 15 is 0 Å². The SMILES string of the molecule is Nc1ncc(C2=CC(CC3CCNCC3)CCN=C2)cc1OC1(c2c(Cl)ccc(F)c2Cl)CC1. The number of nitrogen functional groups attached to an aromatic ring is 1. The van der Waals surface area contributed by atoms with E-state index in [0.717, 1.165) is 43.1 Å². The number of nitrogens with two attached hydrogens (primary N) is 1. The average molecular weight is 503 g/mol. The van der Waals surface area contributed by atoms with E-state index in [1.165, 1.54) is 31.4 Å². The number of halogens is 3. The third-order valence-electron chi connectivity index (χ3n) is 7.09. The zero-order chi connectivity index (χ0) is 23.7. The molecule has 1 aromatic carbocycles. The number of allylic oxidation sites excluding steroid dienone is 2. The van der Waals surface area contributed by atoms with Crippen LogP contribution in [-0.4, -0.2) is 30.8 Å². The van der Waals surface area contributed by atoms with Crippen LogP contribution in [0, 0.1) is 17.7 Å². The molecule has 5 nitrogen and oxygen atoms in total. The fourth-order valence-corrected chi connectivity index (χ4v) is 5.77. The molecule has 180 valence electrons. The Kier molecular flexibility index (Phi) is 6.83. The topological polar surface area (TPSA) is 72.5 Å². The lowest BCUT2D eigenvalue weighted by Crippen LogP contribution is -2.28. The monoisotopic (exact) mass is 502 g/mol. The maximum Gasteiger partial charge on any atom is 0.166 e. The summed E-state index contributed by atoms with van der Waals surface area (Å²) in [6, 6.07) is 4.67. The number of rotatable bonds is 6. The van der Waals surface area contributed by atoms with Crippen LogP contribution in [0.3, 0.4) is 0 Å². The van der Waals surface area contributed by atoms with E-state index in [0.29, 0.717) is 35.1 Å². The van der Waals surface area contributed by atoms with Gasteiger partial charge in [-0.1, -0.05) is 29.3 Å². The predicted molar refractivity (Wildman–Crippen MR) is 136 cm³/mol. The molecule has 1 atom stereocenters. The molecule has 0 radical (unpaired) electrons. The lowest BCUT2D eigenvalue weighted by atomic mass is 9.85. The van der Waals surface area contributed by atoms with Gasteiger partial charge in [-0.2, -0.15) is 0 Å². The Labute approximate surface area is 209 Å². The number of ether oxygens (including phenoxy) is 1. The Hall–Kier alpha value is -2.15. The average Bonchev–Trinajstić information content (AvgIpc) is 3.63. The van der Waals surface area contributed by atoms with Gasteiger partial charge in [0.05, 0.1) is 5.02 Å². The zero-order valence-corrected chi connectivity index (χ0v) is 20.5. The van der Waals surface area contributed by atoms with Gasteiger partial charge >= 0.3 is 0 Å². The minimum Gasteiger partial charge on any atom is -0.479 e. The maximum absolute atomic E-state index is 14.2. The molecular weight excluding hydrogens is 474 g/mol. The Morgan fingerprint density at radius 1 is 1.18 bits per heavy atom. The number of anilines is 1. The number of benzene rings is 1. The normalized spacial score (nSPS) is 22.2. The highest BCUT2D eigenvalue weighted by molar-refractivity contribution is 6.36. The molecule has 0 amide bonds. The first-order valence-corrected chi connectivity index (χ1v) is 12.7. The molecular formula is C26H29Cl2FN4O. The highest BCUT2D eigenvalue weighted by atomic mass is 35.5. The molecule has 1 aromatic heterocycles. The van der Waals surface area contributed by atoms with Crippen molar-refractivity contribution in [3.8, 4) is 5.75 Å². The minimum absolute atomic E-state index is 0.00736. The molecule has 1 aliphatic carbocycles. The first kappa shape index (κ1) is 23.6. The van der Waals surface area contributed by atoms with E-state index in [9.17, 15) is 4.39 Å². The fourth-order valence-electron chi connectivity index (χ4n) is 5.05. The Bertz CT molecular complexity index is 1130. The van der Waals surface area contributed by atoms with Gasteiger partial charge < -0.3 is 15.8 Å². The molecule has 3 heterocycles. The van der Waals surface area contributed by atoms with Gasteiger partial charge in [0, 0.05) is 35.1 Å². The standard InChI is InChI=1S/C26H29Cl2FN4O/c27-20-1-2-21(29)24(28)23(20)26(6-7-26)34-22-13-19(15-33-25(22)30)18-12-17(5-10-32-14-18)11-16-3-8-31-9-4-16/h1-2,12-17,31H,3-11H2,(H2,30,33). The van der Waals surface area contributed by atoms with Gasteiger partial charge in [0.2, 0.25) is 0 Å². The number of hydrogen-bond acceptors (Lipinski definition) is 5. The summed E-state index contributed by atoms with van der Waals surface area (Å²) >= 11 is 12.7. The molecule has 5 rings (SSSR count). The molecule has 1 unspecified atom stereocenters. The summed E-state index contributed by atoms with van der Waals surface area (Å²) in [6.07, 6.45) is 12.0. The lowest BCUT2D eigenvalue weighted by Gasteiger charge is -2.25. The molecule has 3 aliphatic rings. The van der Waals surface area contributed by atoms with Crippen molar-refractivity contribution in [2.24, 2.45) is 16.8 Å². The van der Waals surface area contributed by atoms with Crippen LogP contribution in [0.2, 0.25) is 10.0 Å². The predicted octanol–water partition coefficient (Wildman–Crippen LogP) is 6.04. The quantitative estimate of drug-likeness (QED) is 0.472. The van der Waals surface area contributed by atoms with E-state index in [2.05, 4.69) is 21.4 Å². The van der Waals surface area contributed by atoms with Gasteiger partial charge in [0.25, 0.3) is 0 Å². The number of nitrogens with zero attached hydrogens (tertiary/aromatic N) is 2. The Balaban J connectivity index is 1.41. The van der Waals surface area contributed by atoms with Crippen LogP contribution in [0.1, 0.15) is 49.7 Å². The first-order chi connectivity index (χ1) is 16.4. The van der Waals surface area contributed by atoms with Crippen LogP contribution in [0.4, 0.5) is 10.2 Å².